The highest BCUT2D eigenvalue weighted by Gasteiger charge is 2.10. The molecule has 132 valence electrons. The second-order valence-corrected chi connectivity index (χ2v) is 6.05. The largest absolute Gasteiger partial charge is 0.462 e. The van der Waals surface area contributed by atoms with Gasteiger partial charge in [0.2, 0.25) is 5.91 Å². The lowest BCUT2D eigenvalue weighted by Gasteiger charge is -2.12. The smallest absolute Gasteiger partial charge is 0.338 e. The lowest BCUT2D eigenvalue weighted by Crippen LogP contribution is -2.22. The molecule has 0 saturated heterocycles. The van der Waals surface area contributed by atoms with E-state index in [0.29, 0.717) is 22.9 Å². The molecule has 0 aromatic heterocycles. The molecule has 5 nitrogen and oxygen atoms in total. The van der Waals surface area contributed by atoms with Crippen LogP contribution < -0.4 is 10.6 Å². The number of esters is 1. The average molecular weight is 361 g/mol. The summed E-state index contributed by atoms with van der Waals surface area (Å²) < 4.78 is 4.93. The first-order valence-corrected chi connectivity index (χ1v) is 8.36. The van der Waals surface area contributed by atoms with Crippen molar-refractivity contribution in [2.45, 2.75) is 20.8 Å². The van der Waals surface area contributed by atoms with Crippen molar-refractivity contribution in [2.75, 3.05) is 23.8 Å². The number of benzene rings is 2. The minimum absolute atomic E-state index is 0.0857. The number of amides is 1. The molecule has 25 heavy (non-hydrogen) atoms. The van der Waals surface area contributed by atoms with Crippen LogP contribution in [-0.4, -0.2) is 25.0 Å². The van der Waals surface area contributed by atoms with E-state index in [4.69, 9.17) is 16.3 Å². The number of carbonyl (C=O) groups is 2. The molecule has 2 N–H and O–H groups in total. The van der Waals surface area contributed by atoms with Gasteiger partial charge in [0.25, 0.3) is 0 Å². The van der Waals surface area contributed by atoms with Crippen molar-refractivity contribution < 1.29 is 14.3 Å². The molecule has 6 heteroatoms. The van der Waals surface area contributed by atoms with Gasteiger partial charge in [-0.3, -0.25) is 4.79 Å². The van der Waals surface area contributed by atoms with E-state index in [9.17, 15) is 9.59 Å². The fraction of sp³-hybridized carbons (Fsp3) is 0.263. The quantitative estimate of drug-likeness (QED) is 0.758. The standard InChI is InChI=1S/C19H21ClN2O3/c1-4-25-19(24)14-5-7-15(8-6-14)21-11-17(23)22-18-13(3)9-12(2)10-16(18)20/h5-10,21H,4,11H2,1-3H3,(H,22,23). The number of rotatable bonds is 6. The van der Waals surface area contributed by atoms with Gasteiger partial charge in [0, 0.05) is 5.69 Å². The van der Waals surface area contributed by atoms with Gasteiger partial charge in [-0.2, -0.15) is 0 Å². The topological polar surface area (TPSA) is 67.4 Å². The Labute approximate surface area is 152 Å². The number of carbonyl (C=O) groups excluding carboxylic acids is 2. The van der Waals surface area contributed by atoms with E-state index in [1.807, 2.05) is 26.0 Å². The number of ether oxygens (including phenoxy) is 1. The Bertz CT molecular complexity index is 750. The third-order valence-corrected chi connectivity index (χ3v) is 3.84. The molecule has 2 rings (SSSR count). The molecule has 0 radical (unpaired) electrons. The summed E-state index contributed by atoms with van der Waals surface area (Å²) in [6, 6.07) is 10.5. The van der Waals surface area contributed by atoms with Gasteiger partial charge in [-0.1, -0.05) is 17.7 Å². The third-order valence-electron chi connectivity index (χ3n) is 3.55. The maximum atomic E-state index is 12.1. The molecule has 0 saturated carbocycles. The van der Waals surface area contributed by atoms with Crippen molar-refractivity contribution in [1.29, 1.82) is 0 Å². The molecule has 0 aliphatic rings. The number of halogens is 1. The van der Waals surface area contributed by atoms with E-state index >= 15 is 0 Å². The first-order valence-electron chi connectivity index (χ1n) is 7.98. The van der Waals surface area contributed by atoms with Gasteiger partial charge < -0.3 is 15.4 Å². The minimum atomic E-state index is -0.365. The van der Waals surface area contributed by atoms with E-state index in [1.165, 1.54) is 0 Å². The summed E-state index contributed by atoms with van der Waals surface area (Å²) >= 11 is 6.19. The summed E-state index contributed by atoms with van der Waals surface area (Å²) in [7, 11) is 0. The van der Waals surface area contributed by atoms with E-state index in [2.05, 4.69) is 10.6 Å². The zero-order valence-corrected chi connectivity index (χ0v) is 15.2. The maximum Gasteiger partial charge on any atom is 0.338 e. The van der Waals surface area contributed by atoms with Crippen LogP contribution in [0.1, 0.15) is 28.4 Å². The van der Waals surface area contributed by atoms with Gasteiger partial charge in [0.05, 0.1) is 29.4 Å². The van der Waals surface area contributed by atoms with Gasteiger partial charge in [-0.05, 0) is 62.2 Å². The van der Waals surface area contributed by atoms with Gasteiger partial charge in [-0.25, -0.2) is 4.79 Å². The van der Waals surface area contributed by atoms with Crippen LogP contribution in [0.4, 0.5) is 11.4 Å². The SMILES string of the molecule is CCOC(=O)c1ccc(NCC(=O)Nc2c(C)cc(C)cc2Cl)cc1. The van der Waals surface area contributed by atoms with Crippen LogP contribution in [0.3, 0.4) is 0 Å². The minimum Gasteiger partial charge on any atom is -0.462 e. The summed E-state index contributed by atoms with van der Waals surface area (Å²) in [5, 5.41) is 6.34. The van der Waals surface area contributed by atoms with Crippen LogP contribution in [0.15, 0.2) is 36.4 Å². The summed E-state index contributed by atoms with van der Waals surface area (Å²) in [4.78, 5) is 23.7. The Kier molecular flexibility index (Phi) is 6.42. The maximum absolute atomic E-state index is 12.1. The first kappa shape index (κ1) is 18.8. The Morgan fingerprint density at radius 1 is 1.12 bits per heavy atom. The Balaban J connectivity index is 1.93. The van der Waals surface area contributed by atoms with Crippen molar-refractivity contribution >= 4 is 34.9 Å². The van der Waals surface area contributed by atoms with Crippen molar-refractivity contribution in [3.63, 3.8) is 0 Å². The molecular weight excluding hydrogens is 340 g/mol. The van der Waals surface area contributed by atoms with Crippen LogP contribution in [0.2, 0.25) is 5.02 Å². The lowest BCUT2D eigenvalue weighted by molar-refractivity contribution is -0.114. The summed E-state index contributed by atoms with van der Waals surface area (Å²) in [6.45, 7) is 6.03. The molecule has 0 aliphatic carbocycles. The van der Waals surface area contributed by atoms with Crippen LogP contribution in [0.25, 0.3) is 0 Å². The summed E-state index contributed by atoms with van der Waals surface area (Å²) in [6.07, 6.45) is 0. The zero-order chi connectivity index (χ0) is 18.4. The fourth-order valence-electron chi connectivity index (χ4n) is 2.38. The molecule has 2 aromatic rings. The highest BCUT2D eigenvalue weighted by Crippen LogP contribution is 2.27. The van der Waals surface area contributed by atoms with Gasteiger partial charge in [0.1, 0.15) is 0 Å². The van der Waals surface area contributed by atoms with Crippen LogP contribution in [0, 0.1) is 13.8 Å². The van der Waals surface area contributed by atoms with E-state index in [0.717, 1.165) is 16.8 Å². The Morgan fingerprint density at radius 3 is 2.40 bits per heavy atom. The molecule has 1 amide bonds. The Hall–Kier alpha value is -2.53. The number of hydrogen-bond acceptors (Lipinski definition) is 4. The zero-order valence-electron chi connectivity index (χ0n) is 14.5. The molecule has 0 atom stereocenters. The lowest BCUT2D eigenvalue weighted by atomic mass is 10.1. The molecule has 0 bridgehead atoms. The van der Waals surface area contributed by atoms with Gasteiger partial charge in [-0.15, -0.1) is 0 Å². The van der Waals surface area contributed by atoms with Crippen LogP contribution in [-0.2, 0) is 9.53 Å². The fourth-order valence-corrected chi connectivity index (χ4v) is 2.75. The average Bonchev–Trinajstić information content (AvgIpc) is 2.57. The number of anilines is 2. The van der Waals surface area contributed by atoms with Crippen molar-refractivity contribution in [1.82, 2.24) is 0 Å². The van der Waals surface area contributed by atoms with E-state index in [1.54, 1.807) is 31.2 Å². The van der Waals surface area contributed by atoms with E-state index in [-0.39, 0.29) is 18.4 Å². The van der Waals surface area contributed by atoms with Crippen molar-refractivity contribution in [2.24, 2.45) is 0 Å². The number of hydrogen-bond donors (Lipinski definition) is 2. The van der Waals surface area contributed by atoms with Gasteiger partial charge >= 0.3 is 5.97 Å². The number of aryl methyl sites for hydroxylation is 2. The summed E-state index contributed by atoms with van der Waals surface area (Å²) in [5.41, 5.74) is 3.78. The van der Waals surface area contributed by atoms with Crippen LogP contribution >= 0.6 is 11.6 Å². The molecule has 0 unspecified atom stereocenters. The molecule has 0 spiro atoms. The first-order chi connectivity index (χ1) is 11.9. The highest BCUT2D eigenvalue weighted by molar-refractivity contribution is 6.34. The molecular formula is C19H21ClN2O3. The van der Waals surface area contributed by atoms with Crippen molar-refractivity contribution in [3.05, 3.63) is 58.1 Å². The number of nitrogens with one attached hydrogen (secondary N) is 2. The predicted molar refractivity (Wildman–Crippen MR) is 100 cm³/mol. The molecule has 0 aliphatic heterocycles. The summed E-state index contributed by atoms with van der Waals surface area (Å²) in [5.74, 6) is -0.570. The van der Waals surface area contributed by atoms with Gasteiger partial charge in [0.15, 0.2) is 0 Å². The van der Waals surface area contributed by atoms with Crippen LogP contribution in [0.5, 0.6) is 0 Å². The molecule has 0 heterocycles. The third kappa shape index (κ3) is 5.22. The normalized spacial score (nSPS) is 10.2. The Morgan fingerprint density at radius 2 is 1.80 bits per heavy atom. The second-order valence-electron chi connectivity index (χ2n) is 5.64. The molecule has 0 fully saturated rings. The highest BCUT2D eigenvalue weighted by atomic mass is 35.5. The predicted octanol–water partition coefficient (Wildman–Crippen LogP) is 4.18. The second kappa shape index (κ2) is 8.53. The van der Waals surface area contributed by atoms with Crippen molar-refractivity contribution in [3.8, 4) is 0 Å². The molecule has 2 aromatic carbocycles. The monoisotopic (exact) mass is 360 g/mol. The van der Waals surface area contributed by atoms with E-state index < -0.39 is 0 Å².